The number of carbonyl (C=O) groups excluding carboxylic acids is 1. The SMILES string of the molecule is CNc1nc(NC[C@H](C)c2ccccc2)nc(N[C@H]2CC[C@H](C(=O)NCc3ccccc3C(=O)O)CC2)n1. The van der Waals surface area contributed by atoms with Crippen LogP contribution in [-0.4, -0.2) is 51.6 Å². The highest BCUT2D eigenvalue weighted by atomic mass is 16.4. The standard InChI is InChI=1S/C28H35N7O3/c1-18(19-8-4-3-5-9-19)16-31-27-33-26(29-2)34-28(35-27)32-22-14-12-20(13-15-22)24(36)30-17-21-10-6-7-11-23(21)25(37)38/h3-11,18,20,22H,12-17H2,1-2H3,(H,30,36)(H,37,38)(H3,29,31,32,33,34,35)/t18-,20-,22-/m0/s1. The minimum atomic E-state index is -0.995. The molecule has 0 spiro atoms. The second-order valence-electron chi connectivity index (χ2n) is 9.62. The van der Waals surface area contributed by atoms with Crippen LogP contribution in [0.15, 0.2) is 54.6 Å². The molecule has 1 saturated carbocycles. The van der Waals surface area contributed by atoms with E-state index in [0.717, 1.165) is 25.7 Å². The molecule has 1 heterocycles. The molecule has 5 N–H and O–H groups in total. The number of rotatable bonds is 11. The molecule has 4 rings (SSSR count). The van der Waals surface area contributed by atoms with E-state index in [9.17, 15) is 14.7 Å². The van der Waals surface area contributed by atoms with Crippen molar-refractivity contribution in [3.05, 3.63) is 71.3 Å². The highest BCUT2D eigenvalue weighted by molar-refractivity contribution is 5.89. The first-order chi connectivity index (χ1) is 18.4. The van der Waals surface area contributed by atoms with Crippen molar-refractivity contribution in [2.75, 3.05) is 29.5 Å². The lowest BCUT2D eigenvalue weighted by atomic mass is 9.85. The van der Waals surface area contributed by atoms with Crippen LogP contribution in [0.2, 0.25) is 0 Å². The van der Waals surface area contributed by atoms with E-state index in [2.05, 4.69) is 55.3 Å². The van der Waals surface area contributed by atoms with Crippen LogP contribution in [0.25, 0.3) is 0 Å². The number of nitrogens with zero attached hydrogens (tertiary/aromatic N) is 3. The fourth-order valence-electron chi connectivity index (χ4n) is 4.67. The van der Waals surface area contributed by atoms with E-state index in [1.165, 1.54) is 5.56 Å². The van der Waals surface area contributed by atoms with Crippen LogP contribution in [0.1, 0.15) is 60.0 Å². The second-order valence-corrected chi connectivity index (χ2v) is 9.62. The van der Waals surface area contributed by atoms with Gasteiger partial charge in [-0.2, -0.15) is 15.0 Å². The zero-order valence-corrected chi connectivity index (χ0v) is 21.8. The number of benzene rings is 2. The number of carbonyl (C=O) groups is 2. The van der Waals surface area contributed by atoms with Gasteiger partial charge in [-0.3, -0.25) is 4.79 Å². The maximum Gasteiger partial charge on any atom is 0.336 e. The summed E-state index contributed by atoms with van der Waals surface area (Å²) in [7, 11) is 1.77. The van der Waals surface area contributed by atoms with Crippen LogP contribution in [0.5, 0.6) is 0 Å². The number of hydrogen-bond acceptors (Lipinski definition) is 8. The maximum atomic E-state index is 12.7. The van der Waals surface area contributed by atoms with Crippen molar-refractivity contribution in [3.8, 4) is 0 Å². The third-order valence-electron chi connectivity index (χ3n) is 6.93. The first kappa shape index (κ1) is 26.8. The Morgan fingerprint density at radius 1 is 0.921 bits per heavy atom. The number of carboxylic acids is 1. The summed E-state index contributed by atoms with van der Waals surface area (Å²) in [5.41, 5.74) is 2.05. The third kappa shape index (κ3) is 7.18. The Hall–Kier alpha value is -4.21. The van der Waals surface area contributed by atoms with E-state index < -0.39 is 5.97 Å². The number of nitrogens with one attached hydrogen (secondary N) is 4. The number of amides is 1. The zero-order valence-electron chi connectivity index (χ0n) is 21.8. The molecule has 10 heteroatoms. The second kappa shape index (κ2) is 12.8. The molecular weight excluding hydrogens is 482 g/mol. The van der Waals surface area contributed by atoms with Crippen molar-refractivity contribution in [2.24, 2.45) is 5.92 Å². The molecule has 1 aromatic heterocycles. The van der Waals surface area contributed by atoms with E-state index in [0.29, 0.717) is 35.9 Å². The summed E-state index contributed by atoms with van der Waals surface area (Å²) in [4.78, 5) is 37.6. The molecule has 0 unspecified atom stereocenters. The van der Waals surface area contributed by atoms with Crippen LogP contribution >= 0.6 is 0 Å². The van der Waals surface area contributed by atoms with E-state index in [4.69, 9.17) is 0 Å². The molecule has 1 amide bonds. The smallest absolute Gasteiger partial charge is 0.336 e. The van der Waals surface area contributed by atoms with Crippen LogP contribution in [0.3, 0.4) is 0 Å². The molecule has 10 nitrogen and oxygen atoms in total. The molecular formula is C28H35N7O3. The van der Waals surface area contributed by atoms with Crippen LogP contribution in [0.4, 0.5) is 17.8 Å². The lowest BCUT2D eigenvalue weighted by Crippen LogP contribution is -2.36. The predicted octanol–water partition coefficient (Wildman–Crippen LogP) is 4.11. The zero-order chi connectivity index (χ0) is 26.9. The summed E-state index contributed by atoms with van der Waals surface area (Å²) in [6.07, 6.45) is 3.07. The van der Waals surface area contributed by atoms with Gasteiger partial charge in [-0.05, 0) is 48.8 Å². The summed E-state index contributed by atoms with van der Waals surface area (Å²) < 4.78 is 0. The summed E-state index contributed by atoms with van der Waals surface area (Å²) in [6, 6.07) is 17.2. The Kier molecular flexibility index (Phi) is 9.07. The van der Waals surface area contributed by atoms with Gasteiger partial charge in [-0.15, -0.1) is 0 Å². The summed E-state index contributed by atoms with van der Waals surface area (Å²) >= 11 is 0. The topological polar surface area (TPSA) is 141 Å². The molecule has 1 fully saturated rings. The van der Waals surface area contributed by atoms with Crippen molar-refractivity contribution in [1.82, 2.24) is 20.3 Å². The fraction of sp³-hybridized carbons (Fsp3) is 0.393. The lowest BCUT2D eigenvalue weighted by Gasteiger charge is -2.28. The highest BCUT2D eigenvalue weighted by Gasteiger charge is 2.27. The van der Waals surface area contributed by atoms with Crippen LogP contribution in [0, 0.1) is 5.92 Å². The summed E-state index contributed by atoms with van der Waals surface area (Å²) in [5, 5.41) is 22.0. The van der Waals surface area contributed by atoms with Gasteiger partial charge in [0.2, 0.25) is 23.8 Å². The predicted molar refractivity (Wildman–Crippen MR) is 147 cm³/mol. The monoisotopic (exact) mass is 517 g/mol. The molecule has 0 bridgehead atoms. The van der Waals surface area contributed by atoms with Gasteiger partial charge >= 0.3 is 5.97 Å². The molecule has 0 aliphatic heterocycles. The quantitative estimate of drug-likeness (QED) is 0.254. The van der Waals surface area contributed by atoms with Gasteiger partial charge < -0.3 is 26.4 Å². The number of carboxylic acid groups (broad SMARTS) is 1. The molecule has 3 aromatic rings. The summed E-state index contributed by atoms with van der Waals surface area (Å²) in [5.74, 6) is 0.633. The molecule has 2 aromatic carbocycles. The maximum absolute atomic E-state index is 12.7. The number of anilines is 3. The fourth-order valence-corrected chi connectivity index (χ4v) is 4.67. The minimum absolute atomic E-state index is 0.0414. The lowest BCUT2D eigenvalue weighted by molar-refractivity contribution is -0.126. The Morgan fingerprint density at radius 2 is 1.58 bits per heavy atom. The van der Waals surface area contributed by atoms with Gasteiger partial charge in [0.25, 0.3) is 0 Å². The Labute approximate surface area is 222 Å². The molecule has 1 aliphatic carbocycles. The van der Waals surface area contributed by atoms with Gasteiger partial charge in [-0.1, -0.05) is 55.5 Å². The average molecular weight is 518 g/mol. The third-order valence-corrected chi connectivity index (χ3v) is 6.93. The largest absolute Gasteiger partial charge is 0.478 e. The van der Waals surface area contributed by atoms with Crippen LogP contribution in [-0.2, 0) is 11.3 Å². The molecule has 0 radical (unpaired) electrons. The van der Waals surface area contributed by atoms with E-state index in [1.807, 2.05) is 18.2 Å². The normalized spacial score (nSPS) is 17.7. The molecule has 1 aliphatic rings. The summed E-state index contributed by atoms with van der Waals surface area (Å²) in [6.45, 7) is 3.05. The van der Waals surface area contributed by atoms with E-state index >= 15 is 0 Å². The van der Waals surface area contributed by atoms with Crippen molar-refractivity contribution in [3.63, 3.8) is 0 Å². The molecule has 1 atom stereocenters. The van der Waals surface area contributed by atoms with Gasteiger partial charge in [0.15, 0.2) is 0 Å². The van der Waals surface area contributed by atoms with Gasteiger partial charge in [0.05, 0.1) is 5.56 Å². The highest BCUT2D eigenvalue weighted by Crippen LogP contribution is 2.27. The molecule has 200 valence electrons. The van der Waals surface area contributed by atoms with E-state index in [1.54, 1.807) is 31.3 Å². The molecule has 38 heavy (non-hydrogen) atoms. The first-order valence-corrected chi connectivity index (χ1v) is 13.0. The van der Waals surface area contributed by atoms with Crippen molar-refractivity contribution < 1.29 is 14.7 Å². The van der Waals surface area contributed by atoms with Gasteiger partial charge in [0, 0.05) is 32.1 Å². The first-order valence-electron chi connectivity index (χ1n) is 13.0. The average Bonchev–Trinajstić information content (AvgIpc) is 2.95. The minimum Gasteiger partial charge on any atom is -0.478 e. The van der Waals surface area contributed by atoms with Crippen molar-refractivity contribution in [1.29, 1.82) is 0 Å². The number of aromatic nitrogens is 3. The van der Waals surface area contributed by atoms with Gasteiger partial charge in [0.1, 0.15) is 0 Å². The van der Waals surface area contributed by atoms with Crippen LogP contribution < -0.4 is 21.3 Å². The molecule has 0 saturated heterocycles. The van der Waals surface area contributed by atoms with E-state index in [-0.39, 0.29) is 30.0 Å². The van der Waals surface area contributed by atoms with Crippen molar-refractivity contribution >= 4 is 29.7 Å². The Bertz CT molecular complexity index is 1230. The van der Waals surface area contributed by atoms with Crippen molar-refractivity contribution in [2.45, 2.75) is 51.1 Å². The Morgan fingerprint density at radius 3 is 2.29 bits per heavy atom. The van der Waals surface area contributed by atoms with Gasteiger partial charge in [-0.25, -0.2) is 4.79 Å². The Balaban J connectivity index is 1.28. The number of hydrogen-bond donors (Lipinski definition) is 5. The number of aromatic carboxylic acids is 1.